The summed E-state index contributed by atoms with van der Waals surface area (Å²) in [6, 6.07) is 8.55. The van der Waals surface area contributed by atoms with Crippen LogP contribution in [0.15, 0.2) is 30.3 Å². The third kappa shape index (κ3) is 2.63. The van der Waals surface area contributed by atoms with Crippen LogP contribution in [0, 0.1) is 3.95 Å². The number of anilines is 1. The van der Waals surface area contributed by atoms with Gasteiger partial charge in [-0.15, -0.1) is 0 Å². The second kappa shape index (κ2) is 5.98. The van der Waals surface area contributed by atoms with E-state index in [1.807, 2.05) is 0 Å². The molecule has 5 nitrogen and oxygen atoms in total. The molecule has 0 fully saturated rings. The Bertz CT molecular complexity index is 704. The summed E-state index contributed by atoms with van der Waals surface area (Å²) >= 11 is 6.12. The Hall–Kier alpha value is -1.99. The van der Waals surface area contributed by atoms with Crippen molar-refractivity contribution in [1.82, 2.24) is 4.57 Å². The second-order valence-electron chi connectivity index (χ2n) is 3.81. The van der Waals surface area contributed by atoms with Crippen LogP contribution < -0.4 is 5.73 Å². The lowest BCUT2D eigenvalue weighted by Crippen LogP contribution is -2.20. The predicted molar refractivity (Wildman–Crippen MR) is 79.7 cm³/mol. The lowest BCUT2D eigenvalue weighted by atomic mass is 10.2. The summed E-state index contributed by atoms with van der Waals surface area (Å²) in [6.07, 6.45) is 0. The highest BCUT2D eigenvalue weighted by Crippen LogP contribution is 2.24. The molecule has 0 unspecified atom stereocenters. The number of nitrogens with two attached hydrogens (primary N) is 1. The first-order valence-corrected chi connectivity index (χ1v) is 7.07. The van der Waals surface area contributed by atoms with Gasteiger partial charge in [-0.1, -0.05) is 29.5 Å². The van der Waals surface area contributed by atoms with Gasteiger partial charge in [0.15, 0.2) is 9.65 Å². The quantitative estimate of drug-likeness (QED) is 0.697. The summed E-state index contributed by atoms with van der Waals surface area (Å²) < 4.78 is 6.27. The Morgan fingerprint density at radius 1 is 1.35 bits per heavy atom. The minimum atomic E-state index is -0.651. The van der Waals surface area contributed by atoms with Crippen molar-refractivity contribution in [2.24, 2.45) is 0 Å². The first-order valence-electron chi connectivity index (χ1n) is 5.84. The van der Waals surface area contributed by atoms with Crippen molar-refractivity contribution in [2.75, 3.05) is 12.3 Å². The van der Waals surface area contributed by atoms with E-state index in [9.17, 15) is 9.59 Å². The van der Waals surface area contributed by atoms with Crippen LogP contribution in [0.25, 0.3) is 0 Å². The number of ether oxygens (including phenoxy) is 1. The van der Waals surface area contributed by atoms with Crippen molar-refractivity contribution < 1.29 is 14.3 Å². The molecule has 0 saturated carbocycles. The summed E-state index contributed by atoms with van der Waals surface area (Å²) in [5, 5.41) is 0.178. The Morgan fingerprint density at radius 2 is 2.00 bits per heavy atom. The number of benzene rings is 1. The Labute approximate surface area is 124 Å². The largest absolute Gasteiger partial charge is 0.461 e. The number of esters is 1. The van der Waals surface area contributed by atoms with Gasteiger partial charge in [0.05, 0.1) is 6.61 Å². The average molecular weight is 308 g/mol. The van der Waals surface area contributed by atoms with E-state index in [2.05, 4.69) is 0 Å². The smallest absolute Gasteiger partial charge is 0.358 e. The molecule has 0 radical (unpaired) electrons. The van der Waals surface area contributed by atoms with Gasteiger partial charge in [-0.3, -0.25) is 4.79 Å². The maximum absolute atomic E-state index is 12.4. The molecule has 0 spiro atoms. The lowest BCUT2D eigenvalue weighted by Gasteiger charge is -2.07. The first-order chi connectivity index (χ1) is 9.56. The number of carbonyl (C=O) groups excluding carboxylic acids is 2. The Kier molecular flexibility index (Phi) is 4.31. The van der Waals surface area contributed by atoms with Crippen molar-refractivity contribution in [3.8, 4) is 0 Å². The number of carbonyl (C=O) groups is 2. The maximum Gasteiger partial charge on any atom is 0.358 e. The molecule has 0 aliphatic carbocycles. The highest BCUT2D eigenvalue weighted by Gasteiger charge is 2.24. The molecule has 1 aromatic carbocycles. The van der Waals surface area contributed by atoms with Crippen LogP contribution in [-0.2, 0) is 4.74 Å². The highest BCUT2D eigenvalue weighted by atomic mass is 32.1. The molecule has 0 aliphatic heterocycles. The van der Waals surface area contributed by atoms with E-state index in [1.54, 1.807) is 37.3 Å². The molecule has 0 amide bonds. The summed E-state index contributed by atoms with van der Waals surface area (Å²) in [6.45, 7) is 1.87. The number of nitrogen functional groups attached to an aromatic ring is 1. The van der Waals surface area contributed by atoms with Crippen LogP contribution in [0.4, 0.5) is 5.00 Å². The monoisotopic (exact) mass is 308 g/mol. The molecule has 0 saturated heterocycles. The minimum absolute atomic E-state index is 0.00398. The molecule has 2 N–H and O–H groups in total. The SMILES string of the molecule is CCOC(=O)c1c(N)sc(=S)n1C(=O)c1ccccc1. The normalized spacial score (nSPS) is 10.2. The number of hydrogen-bond acceptors (Lipinski definition) is 6. The van der Waals surface area contributed by atoms with Gasteiger partial charge in [-0.25, -0.2) is 9.36 Å². The van der Waals surface area contributed by atoms with Crippen LogP contribution in [0.2, 0.25) is 0 Å². The van der Waals surface area contributed by atoms with Crippen molar-refractivity contribution >= 4 is 40.4 Å². The average Bonchev–Trinajstić information content (AvgIpc) is 2.74. The zero-order valence-electron chi connectivity index (χ0n) is 10.7. The zero-order valence-corrected chi connectivity index (χ0v) is 12.3. The highest BCUT2D eigenvalue weighted by molar-refractivity contribution is 7.73. The molecule has 2 rings (SSSR count). The number of nitrogens with zero attached hydrogens (tertiary/aromatic N) is 1. The maximum atomic E-state index is 12.4. The third-order valence-electron chi connectivity index (χ3n) is 2.53. The van der Waals surface area contributed by atoms with Gasteiger partial charge in [0.1, 0.15) is 5.00 Å². The van der Waals surface area contributed by atoms with Crippen LogP contribution in [0.5, 0.6) is 0 Å². The van der Waals surface area contributed by atoms with E-state index < -0.39 is 11.9 Å². The minimum Gasteiger partial charge on any atom is -0.461 e. The number of hydrogen-bond donors (Lipinski definition) is 1. The van der Waals surface area contributed by atoms with Crippen molar-refractivity contribution in [2.45, 2.75) is 6.92 Å². The van der Waals surface area contributed by atoms with E-state index in [0.29, 0.717) is 5.56 Å². The molecular weight excluding hydrogens is 296 g/mol. The molecule has 0 aliphatic rings. The van der Waals surface area contributed by atoms with Crippen molar-refractivity contribution in [3.63, 3.8) is 0 Å². The first kappa shape index (κ1) is 14.4. The van der Waals surface area contributed by atoms with Crippen LogP contribution >= 0.6 is 23.6 Å². The second-order valence-corrected chi connectivity index (χ2v) is 5.48. The Balaban J connectivity index is 2.55. The van der Waals surface area contributed by atoms with Crippen molar-refractivity contribution in [3.05, 3.63) is 45.5 Å². The van der Waals surface area contributed by atoms with Crippen LogP contribution in [-0.4, -0.2) is 23.1 Å². The molecule has 7 heteroatoms. The number of rotatable bonds is 3. The fourth-order valence-corrected chi connectivity index (χ4v) is 2.84. The summed E-state index contributed by atoms with van der Waals surface area (Å²) in [4.78, 5) is 24.4. The van der Waals surface area contributed by atoms with Crippen LogP contribution in [0.1, 0.15) is 27.8 Å². The summed E-state index contributed by atoms with van der Waals surface area (Å²) in [5.41, 5.74) is 6.19. The fourth-order valence-electron chi connectivity index (χ4n) is 1.68. The van der Waals surface area contributed by atoms with Gasteiger partial charge in [0, 0.05) is 5.56 Å². The standard InChI is InChI=1S/C13H12N2O3S2/c1-2-18-12(17)9-10(14)20-13(19)15(9)11(16)8-6-4-3-5-7-8/h3-7H,2,14H2,1H3. The molecule has 0 bridgehead atoms. The van der Waals surface area contributed by atoms with Crippen molar-refractivity contribution in [1.29, 1.82) is 0 Å². The number of thiazole rings is 1. The summed E-state index contributed by atoms with van der Waals surface area (Å²) in [7, 11) is 0. The molecule has 20 heavy (non-hydrogen) atoms. The Morgan fingerprint density at radius 3 is 2.60 bits per heavy atom. The van der Waals surface area contributed by atoms with E-state index in [-0.39, 0.29) is 21.3 Å². The van der Waals surface area contributed by atoms with E-state index in [4.69, 9.17) is 22.7 Å². The van der Waals surface area contributed by atoms with E-state index in [0.717, 1.165) is 15.9 Å². The third-order valence-corrected chi connectivity index (χ3v) is 3.73. The summed E-state index contributed by atoms with van der Waals surface area (Å²) in [5.74, 6) is -1.05. The van der Waals surface area contributed by atoms with Gasteiger partial charge in [-0.2, -0.15) is 0 Å². The number of aromatic nitrogens is 1. The molecule has 104 valence electrons. The fraction of sp³-hybridized carbons (Fsp3) is 0.154. The zero-order chi connectivity index (χ0) is 14.7. The predicted octanol–water partition coefficient (Wildman–Crippen LogP) is 2.73. The van der Waals surface area contributed by atoms with Gasteiger partial charge < -0.3 is 10.5 Å². The van der Waals surface area contributed by atoms with Gasteiger partial charge in [0.2, 0.25) is 0 Å². The molecule has 1 aromatic heterocycles. The van der Waals surface area contributed by atoms with Gasteiger partial charge >= 0.3 is 5.97 Å². The molecule has 1 heterocycles. The van der Waals surface area contributed by atoms with Gasteiger partial charge in [-0.05, 0) is 31.3 Å². The molecule has 0 atom stereocenters. The molecular formula is C13H12N2O3S2. The molecule has 2 aromatic rings. The lowest BCUT2D eigenvalue weighted by molar-refractivity contribution is 0.0511. The topological polar surface area (TPSA) is 74.3 Å². The van der Waals surface area contributed by atoms with E-state index >= 15 is 0 Å². The van der Waals surface area contributed by atoms with E-state index in [1.165, 1.54) is 0 Å². The van der Waals surface area contributed by atoms with Crippen LogP contribution in [0.3, 0.4) is 0 Å². The van der Waals surface area contributed by atoms with Gasteiger partial charge in [0.25, 0.3) is 5.91 Å².